The highest BCUT2D eigenvalue weighted by atomic mass is 16.2. The van der Waals surface area contributed by atoms with Gasteiger partial charge in [-0.2, -0.15) is 0 Å². The number of nitrogens with one attached hydrogen (secondary N) is 5. The SMILES string of the molecule is C.O=C1NCC2(CCCC2)c2[nH]c(-c3ccnc(-c4cnc5ccccc5c4)n3)cc21.O=C1NCC2(CCNC2)c2[nH]c(-c3ccnc(-c4cnc5ccccc5c4)n3)cc21. The molecule has 1 saturated heterocycles. The number of benzene rings is 2. The Labute approximate surface area is 352 Å². The van der Waals surface area contributed by atoms with Crippen molar-refractivity contribution in [2.75, 3.05) is 26.2 Å². The molecule has 1 saturated carbocycles. The van der Waals surface area contributed by atoms with Crippen LogP contribution in [0.3, 0.4) is 0 Å². The first-order chi connectivity index (χ1) is 29.4. The molecule has 0 bridgehead atoms. The number of rotatable bonds is 4. The first-order valence-electron chi connectivity index (χ1n) is 20.6. The van der Waals surface area contributed by atoms with Crippen molar-refractivity contribution in [2.24, 2.45) is 0 Å². The lowest BCUT2D eigenvalue weighted by atomic mass is 9.78. The Hall–Kier alpha value is -7.12. The van der Waals surface area contributed by atoms with E-state index < -0.39 is 0 Å². The molecule has 12 rings (SSSR count). The fourth-order valence-electron chi connectivity index (χ4n) is 9.51. The van der Waals surface area contributed by atoms with E-state index in [1.807, 2.05) is 85.1 Å². The average molecular weight is 808 g/mol. The molecule has 9 heterocycles. The van der Waals surface area contributed by atoms with E-state index in [9.17, 15) is 9.59 Å². The lowest BCUT2D eigenvalue weighted by Gasteiger charge is -2.33. The summed E-state index contributed by atoms with van der Waals surface area (Å²) >= 11 is 0. The largest absolute Gasteiger partial charge is 0.356 e. The highest BCUT2D eigenvalue weighted by molar-refractivity contribution is 5.99. The normalized spacial score (nSPS) is 18.6. The number of hydrogen-bond donors (Lipinski definition) is 5. The number of carbonyl (C=O) groups excluding carboxylic acids is 2. The minimum Gasteiger partial charge on any atom is -0.356 e. The number of fused-ring (bicyclic) bond motifs is 6. The standard InChI is InChI=1S/C24H21N5O.C23H20N6O.CH4/c30-23-17-12-20(28-21(17)24(14-27-23)8-3-4-9-24)19-7-10-25-22(29-19)16-11-15-5-1-2-6-18(15)26-13-16;30-22-16-10-19(28-20(16)23(13-27-22)6-8-24-12-23)18-5-7-25-21(29-18)15-9-14-3-1-2-4-17(14)26-11-15;/h1-2,5-7,10-13,28H,3-4,8-9,14H2,(H,27,30);1-5,7,9-11,24,28H,6,8,12-13H2,(H,27,30);1H4. The van der Waals surface area contributed by atoms with Gasteiger partial charge >= 0.3 is 0 Å². The monoisotopic (exact) mass is 807 g/mol. The van der Waals surface area contributed by atoms with E-state index in [1.165, 1.54) is 12.8 Å². The molecule has 1 unspecified atom stereocenters. The summed E-state index contributed by atoms with van der Waals surface area (Å²) in [6.45, 7) is 3.19. The molecule has 4 aliphatic rings. The lowest BCUT2D eigenvalue weighted by Crippen LogP contribution is -2.48. The zero-order valence-electron chi connectivity index (χ0n) is 32.8. The smallest absolute Gasteiger partial charge is 0.253 e. The summed E-state index contributed by atoms with van der Waals surface area (Å²) in [6.07, 6.45) is 12.7. The third-order valence-corrected chi connectivity index (χ3v) is 12.7. The second-order valence-electron chi connectivity index (χ2n) is 16.4. The van der Waals surface area contributed by atoms with Crippen molar-refractivity contribution in [1.82, 2.24) is 55.8 Å². The maximum atomic E-state index is 12.5. The molecule has 3 aliphatic heterocycles. The van der Waals surface area contributed by atoms with Crippen LogP contribution in [0, 0.1) is 0 Å². The van der Waals surface area contributed by atoms with Gasteiger partial charge in [0.15, 0.2) is 11.6 Å². The molecule has 2 spiro atoms. The fraction of sp³-hybridized carbons (Fsp3) is 0.250. The van der Waals surface area contributed by atoms with Gasteiger partial charge < -0.3 is 25.9 Å². The first-order valence-corrected chi connectivity index (χ1v) is 20.6. The summed E-state index contributed by atoms with van der Waals surface area (Å²) < 4.78 is 0. The van der Waals surface area contributed by atoms with Crippen molar-refractivity contribution in [3.63, 3.8) is 0 Å². The molecule has 13 heteroatoms. The molecule has 1 atom stereocenters. The molecule has 2 amide bonds. The van der Waals surface area contributed by atoms with Crippen molar-refractivity contribution in [3.8, 4) is 45.6 Å². The number of amides is 2. The molecule has 304 valence electrons. The highest BCUT2D eigenvalue weighted by Crippen LogP contribution is 2.44. The zero-order valence-corrected chi connectivity index (χ0v) is 32.8. The summed E-state index contributed by atoms with van der Waals surface area (Å²) in [4.78, 5) is 59.6. The second kappa shape index (κ2) is 15.2. The predicted molar refractivity (Wildman–Crippen MR) is 236 cm³/mol. The van der Waals surface area contributed by atoms with E-state index in [2.05, 4.69) is 51.9 Å². The summed E-state index contributed by atoms with van der Waals surface area (Å²) in [5.74, 6) is 1.20. The van der Waals surface area contributed by atoms with E-state index in [0.717, 1.165) is 112 Å². The number of carbonyl (C=O) groups is 2. The Kier molecular flexibility index (Phi) is 9.47. The van der Waals surface area contributed by atoms with Crippen LogP contribution in [0.25, 0.3) is 67.4 Å². The van der Waals surface area contributed by atoms with Gasteiger partial charge in [0.1, 0.15) is 0 Å². The van der Waals surface area contributed by atoms with Gasteiger partial charge in [0.2, 0.25) is 0 Å². The molecule has 8 aromatic rings. The van der Waals surface area contributed by atoms with E-state index >= 15 is 0 Å². The summed E-state index contributed by atoms with van der Waals surface area (Å²) in [7, 11) is 0. The third kappa shape index (κ3) is 6.71. The lowest BCUT2D eigenvalue weighted by molar-refractivity contribution is 0.0917. The minimum absolute atomic E-state index is 0. The third-order valence-electron chi connectivity index (χ3n) is 12.7. The Morgan fingerprint density at radius 1 is 0.541 bits per heavy atom. The minimum atomic E-state index is -0.0698. The van der Waals surface area contributed by atoms with Crippen LogP contribution in [0.1, 0.15) is 71.6 Å². The van der Waals surface area contributed by atoms with E-state index in [4.69, 9.17) is 9.97 Å². The van der Waals surface area contributed by atoms with Crippen LogP contribution >= 0.6 is 0 Å². The molecule has 61 heavy (non-hydrogen) atoms. The molecule has 2 aromatic carbocycles. The molecule has 2 fully saturated rings. The maximum Gasteiger partial charge on any atom is 0.253 e. The van der Waals surface area contributed by atoms with Gasteiger partial charge in [-0.1, -0.05) is 56.7 Å². The number of para-hydroxylation sites is 2. The van der Waals surface area contributed by atoms with Gasteiger partial charge in [-0.3, -0.25) is 19.6 Å². The molecule has 6 aromatic heterocycles. The zero-order chi connectivity index (χ0) is 40.3. The predicted octanol–water partition coefficient (Wildman–Crippen LogP) is 7.54. The second-order valence-corrected chi connectivity index (χ2v) is 16.4. The molecule has 13 nitrogen and oxygen atoms in total. The van der Waals surface area contributed by atoms with Gasteiger partial charge in [0.25, 0.3) is 11.8 Å². The Morgan fingerprint density at radius 3 is 1.57 bits per heavy atom. The topological polar surface area (TPSA) is 179 Å². The summed E-state index contributed by atoms with van der Waals surface area (Å²) in [5, 5.41) is 11.7. The number of aromatic amines is 2. The number of H-pyrrole nitrogens is 2. The van der Waals surface area contributed by atoms with Crippen LogP contribution in [0.5, 0.6) is 0 Å². The van der Waals surface area contributed by atoms with Gasteiger partial charge in [0.05, 0.1) is 44.9 Å². The Morgan fingerprint density at radius 2 is 1.05 bits per heavy atom. The quantitative estimate of drug-likeness (QED) is 0.120. The van der Waals surface area contributed by atoms with Crippen molar-refractivity contribution in [2.45, 2.75) is 50.4 Å². The number of hydrogen-bond acceptors (Lipinski definition) is 9. The van der Waals surface area contributed by atoms with Crippen LogP contribution in [0.4, 0.5) is 0 Å². The fourth-order valence-corrected chi connectivity index (χ4v) is 9.51. The van der Waals surface area contributed by atoms with Gasteiger partial charge in [0, 0.05) is 88.5 Å². The average Bonchev–Trinajstić information content (AvgIpc) is 4.15. The van der Waals surface area contributed by atoms with Crippen molar-refractivity contribution < 1.29 is 9.59 Å². The number of aromatic nitrogens is 8. The van der Waals surface area contributed by atoms with Crippen LogP contribution in [-0.4, -0.2) is 77.9 Å². The van der Waals surface area contributed by atoms with E-state index in [0.29, 0.717) is 23.8 Å². The molecule has 5 N–H and O–H groups in total. The summed E-state index contributed by atoms with van der Waals surface area (Å²) in [6, 6.07) is 27.7. The van der Waals surface area contributed by atoms with Gasteiger partial charge in [-0.15, -0.1) is 0 Å². The van der Waals surface area contributed by atoms with Gasteiger partial charge in [-0.25, -0.2) is 19.9 Å². The van der Waals surface area contributed by atoms with Crippen molar-refractivity contribution in [1.29, 1.82) is 0 Å². The number of pyridine rings is 2. The van der Waals surface area contributed by atoms with Crippen LogP contribution in [-0.2, 0) is 10.8 Å². The van der Waals surface area contributed by atoms with Crippen LogP contribution in [0.15, 0.2) is 110 Å². The summed E-state index contributed by atoms with van der Waals surface area (Å²) in [5.41, 5.74) is 10.4. The Bertz CT molecular complexity index is 2780. The van der Waals surface area contributed by atoms with Crippen molar-refractivity contribution in [3.05, 3.63) is 132 Å². The molecule has 0 radical (unpaired) electrons. The van der Waals surface area contributed by atoms with Crippen LogP contribution < -0.4 is 16.0 Å². The van der Waals surface area contributed by atoms with Crippen molar-refractivity contribution >= 4 is 33.6 Å². The molecular weight excluding hydrogens is 763 g/mol. The maximum absolute atomic E-state index is 12.5. The number of nitrogens with zero attached hydrogens (tertiary/aromatic N) is 6. The van der Waals surface area contributed by atoms with E-state index in [1.54, 1.807) is 18.6 Å². The Balaban J connectivity index is 0.000000144. The van der Waals surface area contributed by atoms with Gasteiger partial charge in [-0.05, 0) is 74.3 Å². The highest BCUT2D eigenvalue weighted by Gasteiger charge is 2.44. The first kappa shape index (κ1) is 38.1. The van der Waals surface area contributed by atoms with E-state index in [-0.39, 0.29) is 30.1 Å². The molecular formula is C48H45N11O2. The molecule has 1 aliphatic carbocycles. The van der Waals surface area contributed by atoms with Crippen LogP contribution in [0.2, 0.25) is 0 Å².